The Morgan fingerprint density at radius 3 is 2.93 bits per heavy atom. The Kier molecular flexibility index (Phi) is 2.32. The Morgan fingerprint density at radius 1 is 1.53 bits per heavy atom. The Labute approximate surface area is 88.7 Å². The molecule has 0 atom stereocenters. The number of ether oxygens (including phenoxy) is 1. The van der Waals surface area contributed by atoms with E-state index in [4.69, 9.17) is 16.3 Å². The standard InChI is InChI=1S/C9H6ClFN2O2/c1-15-6-3-4(11)2-5-7(6)12-9(10)13-8(5)14/h2-3H,1H3,(H,12,13,14). The first kappa shape index (κ1) is 9.92. The van der Waals surface area contributed by atoms with Crippen molar-refractivity contribution in [2.24, 2.45) is 0 Å². The summed E-state index contributed by atoms with van der Waals surface area (Å²) in [5.74, 6) is -0.382. The summed E-state index contributed by atoms with van der Waals surface area (Å²) in [6.45, 7) is 0. The number of fused-ring (bicyclic) bond motifs is 1. The van der Waals surface area contributed by atoms with E-state index in [0.717, 1.165) is 12.1 Å². The molecule has 4 nitrogen and oxygen atoms in total. The minimum atomic E-state index is -0.561. The van der Waals surface area contributed by atoms with Gasteiger partial charge in [0.15, 0.2) is 0 Å². The van der Waals surface area contributed by atoms with Gasteiger partial charge in [-0.05, 0) is 17.7 Å². The van der Waals surface area contributed by atoms with Gasteiger partial charge in [-0.15, -0.1) is 0 Å². The van der Waals surface area contributed by atoms with Crippen molar-refractivity contribution in [3.63, 3.8) is 0 Å². The number of hydrogen-bond acceptors (Lipinski definition) is 3. The van der Waals surface area contributed by atoms with Crippen LogP contribution in [0.5, 0.6) is 5.75 Å². The van der Waals surface area contributed by atoms with E-state index in [9.17, 15) is 9.18 Å². The molecule has 2 rings (SSSR count). The Morgan fingerprint density at radius 2 is 2.27 bits per heavy atom. The topological polar surface area (TPSA) is 55.0 Å². The van der Waals surface area contributed by atoms with Gasteiger partial charge in [0.25, 0.3) is 5.56 Å². The minimum Gasteiger partial charge on any atom is -0.494 e. The van der Waals surface area contributed by atoms with Crippen molar-refractivity contribution in [1.29, 1.82) is 0 Å². The average molecular weight is 229 g/mol. The zero-order valence-electron chi connectivity index (χ0n) is 7.67. The highest BCUT2D eigenvalue weighted by atomic mass is 35.5. The van der Waals surface area contributed by atoms with Crippen LogP contribution in [0.1, 0.15) is 0 Å². The van der Waals surface area contributed by atoms with E-state index in [1.807, 2.05) is 0 Å². The first-order valence-electron chi connectivity index (χ1n) is 4.05. The molecule has 2 aromatic rings. The monoisotopic (exact) mass is 228 g/mol. The number of halogens is 2. The number of aromatic amines is 1. The fourth-order valence-corrected chi connectivity index (χ4v) is 1.48. The van der Waals surface area contributed by atoms with Gasteiger partial charge >= 0.3 is 0 Å². The normalized spacial score (nSPS) is 10.6. The zero-order chi connectivity index (χ0) is 11.0. The summed E-state index contributed by atoms with van der Waals surface area (Å²) in [4.78, 5) is 17.6. The van der Waals surface area contributed by atoms with Crippen molar-refractivity contribution in [2.45, 2.75) is 0 Å². The van der Waals surface area contributed by atoms with Crippen LogP contribution < -0.4 is 10.3 Å². The summed E-state index contributed by atoms with van der Waals surface area (Å²) in [6.07, 6.45) is 0. The number of hydrogen-bond donors (Lipinski definition) is 1. The van der Waals surface area contributed by atoms with E-state index in [0.29, 0.717) is 0 Å². The van der Waals surface area contributed by atoms with E-state index >= 15 is 0 Å². The van der Waals surface area contributed by atoms with Gasteiger partial charge < -0.3 is 4.74 Å². The van der Waals surface area contributed by atoms with Crippen LogP contribution in [0.3, 0.4) is 0 Å². The van der Waals surface area contributed by atoms with Crippen LogP contribution in [0.15, 0.2) is 16.9 Å². The number of nitrogens with zero attached hydrogens (tertiary/aromatic N) is 1. The molecule has 0 fully saturated rings. The van der Waals surface area contributed by atoms with Gasteiger partial charge in [0.05, 0.1) is 12.5 Å². The second-order valence-electron chi connectivity index (χ2n) is 2.86. The quantitative estimate of drug-likeness (QED) is 0.757. The molecule has 0 aliphatic rings. The lowest BCUT2D eigenvalue weighted by Gasteiger charge is -2.04. The fraction of sp³-hybridized carbons (Fsp3) is 0.111. The summed E-state index contributed by atoms with van der Waals surface area (Å²) < 4.78 is 18.0. The van der Waals surface area contributed by atoms with E-state index in [2.05, 4.69) is 9.97 Å². The van der Waals surface area contributed by atoms with E-state index < -0.39 is 11.4 Å². The summed E-state index contributed by atoms with van der Waals surface area (Å²) in [5.41, 5.74) is -0.254. The highest BCUT2D eigenvalue weighted by Gasteiger charge is 2.10. The number of benzene rings is 1. The third kappa shape index (κ3) is 1.66. The summed E-state index contributed by atoms with van der Waals surface area (Å²) in [7, 11) is 1.37. The first-order chi connectivity index (χ1) is 7.11. The average Bonchev–Trinajstić information content (AvgIpc) is 2.18. The van der Waals surface area contributed by atoms with Crippen LogP contribution in [-0.4, -0.2) is 17.1 Å². The molecule has 0 amide bonds. The molecule has 1 aromatic carbocycles. The largest absolute Gasteiger partial charge is 0.494 e. The van der Waals surface area contributed by atoms with Crippen molar-refractivity contribution >= 4 is 22.5 Å². The summed E-state index contributed by atoms with van der Waals surface area (Å²) in [5, 5.41) is 0.0497. The molecule has 78 valence electrons. The molecule has 1 N–H and O–H groups in total. The molecule has 15 heavy (non-hydrogen) atoms. The van der Waals surface area contributed by atoms with Crippen molar-refractivity contribution in [3.8, 4) is 5.75 Å². The number of nitrogens with one attached hydrogen (secondary N) is 1. The van der Waals surface area contributed by atoms with Crippen LogP contribution in [0, 0.1) is 5.82 Å². The number of methoxy groups -OCH3 is 1. The molecule has 0 aliphatic heterocycles. The molecule has 0 saturated carbocycles. The van der Waals surface area contributed by atoms with Crippen LogP contribution in [0.2, 0.25) is 5.28 Å². The Hall–Kier alpha value is -1.62. The minimum absolute atomic E-state index is 0.0580. The van der Waals surface area contributed by atoms with Crippen molar-refractivity contribution in [1.82, 2.24) is 9.97 Å². The molecule has 0 aliphatic carbocycles. The molecule has 0 bridgehead atoms. The predicted octanol–water partition coefficient (Wildman–Crippen LogP) is 1.72. The van der Waals surface area contributed by atoms with Crippen LogP contribution in [-0.2, 0) is 0 Å². The third-order valence-electron chi connectivity index (χ3n) is 1.93. The maximum atomic E-state index is 13.1. The van der Waals surface area contributed by atoms with E-state index in [1.165, 1.54) is 7.11 Å². The van der Waals surface area contributed by atoms with Crippen LogP contribution >= 0.6 is 11.6 Å². The summed E-state index contributed by atoms with van der Waals surface area (Å²) >= 11 is 5.58. The van der Waals surface area contributed by atoms with Crippen LogP contribution in [0.25, 0.3) is 10.9 Å². The zero-order valence-corrected chi connectivity index (χ0v) is 8.43. The highest BCUT2D eigenvalue weighted by molar-refractivity contribution is 6.28. The number of H-pyrrole nitrogens is 1. The molecular formula is C9H6ClFN2O2. The maximum Gasteiger partial charge on any atom is 0.259 e. The van der Waals surface area contributed by atoms with Gasteiger partial charge in [-0.25, -0.2) is 9.37 Å². The lowest BCUT2D eigenvalue weighted by Crippen LogP contribution is -2.08. The van der Waals surface area contributed by atoms with Crippen molar-refractivity contribution < 1.29 is 9.13 Å². The van der Waals surface area contributed by atoms with E-state index in [1.54, 1.807) is 0 Å². The Balaban J connectivity index is 2.96. The molecule has 0 saturated heterocycles. The molecule has 1 aromatic heterocycles. The maximum absolute atomic E-state index is 13.1. The molecular weight excluding hydrogens is 223 g/mol. The molecule has 6 heteroatoms. The lowest BCUT2D eigenvalue weighted by molar-refractivity contribution is 0.415. The second-order valence-corrected chi connectivity index (χ2v) is 3.22. The van der Waals surface area contributed by atoms with Crippen LogP contribution in [0.4, 0.5) is 4.39 Å². The van der Waals surface area contributed by atoms with Gasteiger partial charge in [-0.3, -0.25) is 9.78 Å². The number of aromatic nitrogens is 2. The van der Waals surface area contributed by atoms with Gasteiger partial charge in [0, 0.05) is 6.07 Å². The lowest BCUT2D eigenvalue weighted by atomic mass is 10.2. The third-order valence-corrected chi connectivity index (χ3v) is 2.11. The molecule has 0 spiro atoms. The van der Waals surface area contributed by atoms with E-state index in [-0.39, 0.29) is 21.9 Å². The summed E-state index contributed by atoms with van der Waals surface area (Å²) in [6, 6.07) is 2.23. The smallest absolute Gasteiger partial charge is 0.259 e. The fourth-order valence-electron chi connectivity index (χ4n) is 1.31. The predicted molar refractivity (Wildman–Crippen MR) is 53.9 cm³/mol. The molecule has 1 heterocycles. The van der Waals surface area contributed by atoms with Gasteiger partial charge in [-0.1, -0.05) is 0 Å². The van der Waals surface area contributed by atoms with Gasteiger partial charge in [-0.2, -0.15) is 0 Å². The Bertz CT molecular complexity index is 582. The number of rotatable bonds is 1. The van der Waals surface area contributed by atoms with Gasteiger partial charge in [0.2, 0.25) is 5.28 Å². The first-order valence-corrected chi connectivity index (χ1v) is 4.42. The van der Waals surface area contributed by atoms with Crippen molar-refractivity contribution in [3.05, 3.63) is 33.6 Å². The highest BCUT2D eigenvalue weighted by Crippen LogP contribution is 2.23. The second kappa shape index (κ2) is 3.51. The van der Waals surface area contributed by atoms with Gasteiger partial charge in [0.1, 0.15) is 17.1 Å². The van der Waals surface area contributed by atoms with Crippen molar-refractivity contribution in [2.75, 3.05) is 7.11 Å². The molecule has 0 radical (unpaired) electrons. The SMILES string of the molecule is COc1cc(F)cc2c(=O)[nH]c(Cl)nc12. The molecule has 0 unspecified atom stereocenters.